The molecule has 0 radical (unpaired) electrons. The van der Waals surface area contributed by atoms with E-state index in [2.05, 4.69) is 46.3 Å². The van der Waals surface area contributed by atoms with Crippen LogP contribution in [0.2, 0.25) is 0 Å². The number of hydrogen-bond acceptors (Lipinski definition) is 6. The number of benzene rings is 1. The van der Waals surface area contributed by atoms with Gasteiger partial charge in [-0.1, -0.05) is 12.1 Å². The van der Waals surface area contributed by atoms with Crippen LogP contribution in [0, 0.1) is 13.8 Å². The van der Waals surface area contributed by atoms with Crippen molar-refractivity contribution in [2.24, 2.45) is 0 Å². The highest BCUT2D eigenvalue weighted by Gasteiger charge is 2.23. The Balaban J connectivity index is 1.35. The van der Waals surface area contributed by atoms with E-state index in [9.17, 15) is 4.79 Å². The summed E-state index contributed by atoms with van der Waals surface area (Å²) in [6.45, 7) is 7.18. The van der Waals surface area contributed by atoms with E-state index in [1.165, 1.54) is 11.3 Å². The summed E-state index contributed by atoms with van der Waals surface area (Å²) in [6.07, 6.45) is 0.155. The molecule has 27 heavy (non-hydrogen) atoms. The lowest BCUT2D eigenvalue weighted by atomic mass is 10.2. The Bertz CT molecular complexity index is 941. The van der Waals surface area contributed by atoms with E-state index < -0.39 is 0 Å². The number of anilines is 1. The standard InChI is InChI=1S/C20H22N4O2S/c1-14-4-3-5-16(12-14)23-7-9-24(10-8-23)18(25)13-17-21-22-20(26-17)19-15(2)6-11-27-19/h3-6,11-12H,7-10,13H2,1-2H3. The van der Waals surface area contributed by atoms with Crippen molar-refractivity contribution < 1.29 is 9.21 Å². The Kier molecular flexibility index (Phi) is 4.94. The normalized spacial score (nSPS) is 14.6. The molecule has 2 aromatic heterocycles. The molecule has 4 rings (SSSR count). The number of rotatable bonds is 4. The van der Waals surface area contributed by atoms with Crippen LogP contribution >= 0.6 is 11.3 Å². The summed E-state index contributed by atoms with van der Waals surface area (Å²) in [5, 5.41) is 10.1. The molecule has 3 heterocycles. The monoisotopic (exact) mass is 382 g/mol. The molecule has 3 aromatic rings. The van der Waals surface area contributed by atoms with Crippen LogP contribution < -0.4 is 4.90 Å². The zero-order valence-electron chi connectivity index (χ0n) is 15.5. The maximum atomic E-state index is 12.6. The molecule has 1 fully saturated rings. The first-order valence-electron chi connectivity index (χ1n) is 9.06. The van der Waals surface area contributed by atoms with Crippen LogP contribution in [0.4, 0.5) is 5.69 Å². The second-order valence-corrected chi connectivity index (χ2v) is 7.73. The van der Waals surface area contributed by atoms with Crippen LogP contribution in [-0.2, 0) is 11.2 Å². The Morgan fingerprint density at radius 1 is 1.15 bits per heavy atom. The Morgan fingerprint density at radius 3 is 2.67 bits per heavy atom. The SMILES string of the molecule is Cc1cccc(N2CCN(C(=O)Cc3nnc(-c4sccc4C)o3)CC2)c1. The first-order valence-corrected chi connectivity index (χ1v) is 9.94. The quantitative estimate of drug-likeness (QED) is 0.693. The van der Waals surface area contributed by atoms with E-state index in [0.717, 1.165) is 23.5 Å². The van der Waals surface area contributed by atoms with Gasteiger partial charge in [0.2, 0.25) is 11.8 Å². The van der Waals surface area contributed by atoms with Crippen molar-refractivity contribution in [2.75, 3.05) is 31.1 Å². The summed E-state index contributed by atoms with van der Waals surface area (Å²) >= 11 is 1.56. The lowest BCUT2D eigenvalue weighted by Crippen LogP contribution is -2.49. The number of amides is 1. The van der Waals surface area contributed by atoms with Crippen molar-refractivity contribution in [3.05, 3.63) is 52.7 Å². The lowest BCUT2D eigenvalue weighted by molar-refractivity contribution is -0.131. The molecule has 0 N–H and O–H groups in total. The molecule has 0 aliphatic carbocycles. The minimum absolute atomic E-state index is 0.0389. The average Bonchev–Trinajstić information content (AvgIpc) is 3.30. The number of aryl methyl sites for hydroxylation is 2. The minimum Gasteiger partial charge on any atom is -0.419 e. The molecule has 0 atom stereocenters. The van der Waals surface area contributed by atoms with Gasteiger partial charge >= 0.3 is 0 Å². The molecular formula is C20H22N4O2S. The number of carbonyl (C=O) groups is 1. The highest BCUT2D eigenvalue weighted by Crippen LogP contribution is 2.27. The summed E-state index contributed by atoms with van der Waals surface area (Å²) in [4.78, 5) is 17.8. The molecule has 0 bridgehead atoms. The fraction of sp³-hybridized carbons (Fsp3) is 0.350. The molecular weight excluding hydrogens is 360 g/mol. The van der Waals surface area contributed by atoms with Gasteiger partial charge in [0.15, 0.2) is 0 Å². The molecule has 1 aromatic carbocycles. The Labute approximate surface area is 162 Å². The van der Waals surface area contributed by atoms with Gasteiger partial charge in [-0.05, 0) is 48.6 Å². The second kappa shape index (κ2) is 7.52. The van der Waals surface area contributed by atoms with Crippen molar-refractivity contribution in [3.63, 3.8) is 0 Å². The summed E-state index contributed by atoms with van der Waals surface area (Å²) in [6, 6.07) is 10.5. The van der Waals surface area contributed by atoms with Gasteiger partial charge in [-0.15, -0.1) is 21.5 Å². The Hall–Kier alpha value is -2.67. The van der Waals surface area contributed by atoms with Crippen LogP contribution in [0.3, 0.4) is 0 Å². The first kappa shape index (κ1) is 17.7. The van der Waals surface area contributed by atoms with Crippen molar-refractivity contribution >= 4 is 22.9 Å². The lowest BCUT2D eigenvalue weighted by Gasteiger charge is -2.36. The van der Waals surface area contributed by atoms with Crippen molar-refractivity contribution in [1.82, 2.24) is 15.1 Å². The van der Waals surface area contributed by atoms with E-state index >= 15 is 0 Å². The number of aromatic nitrogens is 2. The topological polar surface area (TPSA) is 62.5 Å². The van der Waals surface area contributed by atoms with Gasteiger partial charge in [-0.25, -0.2) is 0 Å². The molecule has 1 amide bonds. The van der Waals surface area contributed by atoms with Gasteiger partial charge in [-0.3, -0.25) is 4.79 Å². The number of carbonyl (C=O) groups excluding carboxylic acids is 1. The molecule has 6 nitrogen and oxygen atoms in total. The predicted molar refractivity (Wildman–Crippen MR) is 106 cm³/mol. The molecule has 140 valence electrons. The number of piperazine rings is 1. The second-order valence-electron chi connectivity index (χ2n) is 6.82. The van der Waals surface area contributed by atoms with E-state index in [0.29, 0.717) is 24.9 Å². The van der Waals surface area contributed by atoms with Crippen LogP contribution in [0.15, 0.2) is 40.1 Å². The van der Waals surface area contributed by atoms with Gasteiger partial charge in [0.25, 0.3) is 5.89 Å². The molecule has 1 saturated heterocycles. The smallest absolute Gasteiger partial charge is 0.258 e. The highest BCUT2D eigenvalue weighted by atomic mass is 32.1. The maximum Gasteiger partial charge on any atom is 0.258 e. The maximum absolute atomic E-state index is 12.6. The zero-order valence-corrected chi connectivity index (χ0v) is 16.3. The van der Waals surface area contributed by atoms with Gasteiger partial charge in [0, 0.05) is 31.9 Å². The number of nitrogens with zero attached hydrogens (tertiary/aromatic N) is 4. The largest absolute Gasteiger partial charge is 0.419 e. The zero-order chi connectivity index (χ0) is 18.8. The summed E-state index contributed by atoms with van der Waals surface area (Å²) in [7, 11) is 0. The average molecular weight is 382 g/mol. The van der Waals surface area contributed by atoms with E-state index in [1.807, 2.05) is 23.3 Å². The predicted octanol–water partition coefficient (Wildman–Crippen LogP) is 3.31. The number of hydrogen-bond donors (Lipinski definition) is 0. The van der Waals surface area contributed by atoms with Crippen LogP contribution in [0.5, 0.6) is 0 Å². The van der Waals surface area contributed by atoms with E-state index in [-0.39, 0.29) is 12.3 Å². The fourth-order valence-corrected chi connectivity index (χ4v) is 4.13. The van der Waals surface area contributed by atoms with E-state index in [1.54, 1.807) is 11.3 Å². The molecule has 1 aliphatic rings. The molecule has 0 saturated carbocycles. The van der Waals surface area contributed by atoms with Crippen LogP contribution in [0.1, 0.15) is 17.0 Å². The minimum atomic E-state index is 0.0389. The molecule has 0 unspecified atom stereocenters. The van der Waals surface area contributed by atoms with Crippen molar-refractivity contribution in [1.29, 1.82) is 0 Å². The van der Waals surface area contributed by atoms with Crippen molar-refractivity contribution in [2.45, 2.75) is 20.3 Å². The van der Waals surface area contributed by atoms with Crippen LogP contribution in [-0.4, -0.2) is 47.2 Å². The highest BCUT2D eigenvalue weighted by molar-refractivity contribution is 7.13. The summed E-state index contributed by atoms with van der Waals surface area (Å²) < 4.78 is 5.70. The summed E-state index contributed by atoms with van der Waals surface area (Å²) in [5.41, 5.74) is 3.57. The Morgan fingerprint density at radius 2 is 1.96 bits per heavy atom. The molecule has 7 heteroatoms. The number of thiophene rings is 1. The fourth-order valence-electron chi connectivity index (χ4n) is 3.29. The first-order chi connectivity index (χ1) is 13.1. The van der Waals surface area contributed by atoms with E-state index in [4.69, 9.17) is 4.42 Å². The third-order valence-corrected chi connectivity index (χ3v) is 5.83. The third-order valence-electron chi connectivity index (χ3n) is 4.82. The van der Waals surface area contributed by atoms with Gasteiger partial charge in [-0.2, -0.15) is 0 Å². The van der Waals surface area contributed by atoms with Gasteiger partial charge in [0.05, 0.1) is 4.88 Å². The van der Waals surface area contributed by atoms with Gasteiger partial charge in [0.1, 0.15) is 6.42 Å². The van der Waals surface area contributed by atoms with Gasteiger partial charge < -0.3 is 14.2 Å². The third kappa shape index (κ3) is 3.88. The molecule has 0 spiro atoms. The van der Waals surface area contributed by atoms with Crippen molar-refractivity contribution in [3.8, 4) is 10.8 Å². The van der Waals surface area contributed by atoms with Crippen LogP contribution in [0.25, 0.3) is 10.8 Å². The molecule has 1 aliphatic heterocycles. The summed E-state index contributed by atoms with van der Waals surface area (Å²) in [5.74, 6) is 0.912.